The number of carbonyl (C=O) groups is 1. The van der Waals surface area contributed by atoms with Crippen LogP contribution in [0.25, 0.3) is 10.8 Å². The molecule has 6 nitrogen and oxygen atoms in total. The predicted molar refractivity (Wildman–Crippen MR) is 122 cm³/mol. The first kappa shape index (κ1) is 20.5. The molecule has 0 aliphatic carbocycles. The van der Waals surface area contributed by atoms with Crippen molar-refractivity contribution in [2.75, 3.05) is 11.4 Å². The monoisotopic (exact) mass is 412 g/mol. The highest BCUT2D eigenvalue weighted by atomic mass is 16.2. The Kier molecular flexibility index (Phi) is 5.89. The second kappa shape index (κ2) is 8.92. The lowest BCUT2D eigenvalue weighted by molar-refractivity contribution is -0.119. The minimum absolute atomic E-state index is 0.116. The summed E-state index contributed by atoms with van der Waals surface area (Å²) in [5.41, 5.74) is 3.43. The summed E-state index contributed by atoms with van der Waals surface area (Å²) >= 11 is 0. The maximum absolute atomic E-state index is 13.1. The SMILES string of the molecule is CCN(C(=O)Cn1nc(Cc2ccncc2)c2ccccc2c1=O)c1cccc(C)c1. The van der Waals surface area contributed by atoms with Crippen LogP contribution in [-0.4, -0.2) is 27.2 Å². The number of anilines is 1. The van der Waals surface area contributed by atoms with Crippen molar-refractivity contribution < 1.29 is 4.79 Å². The van der Waals surface area contributed by atoms with E-state index in [4.69, 9.17) is 0 Å². The number of rotatable bonds is 6. The van der Waals surface area contributed by atoms with Gasteiger partial charge in [0.05, 0.1) is 11.1 Å². The Balaban J connectivity index is 1.72. The summed E-state index contributed by atoms with van der Waals surface area (Å²) in [5.74, 6) is -0.173. The number of pyridine rings is 1. The number of amides is 1. The standard InChI is InChI=1S/C25H24N4O2/c1-3-28(20-8-6-7-18(2)15-20)24(30)17-29-25(31)22-10-5-4-9-21(22)23(27-29)16-19-11-13-26-14-12-19/h4-15H,3,16-17H2,1-2H3. The van der Waals surface area contributed by atoms with Crippen molar-refractivity contribution >= 4 is 22.4 Å². The van der Waals surface area contributed by atoms with E-state index in [1.54, 1.807) is 23.4 Å². The molecule has 0 saturated heterocycles. The minimum Gasteiger partial charge on any atom is -0.311 e. The second-order valence-electron chi connectivity index (χ2n) is 7.46. The van der Waals surface area contributed by atoms with Crippen LogP contribution in [-0.2, 0) is 17.8 Å². The van der Waals surface area contributed by atoms with E-state index in [9.17, 15) is 9.59 Å². The number of hydrogen-bond donors (Lipinski definition) is 0. The number of hydrogen-bond acceptors (Lipinski definition) is 4. The summed E-state index contributed by atoms with van der Waals surface area (Å²) in [6.45, 7) is 4.30. The Morgan fingerprint density at radius 3 is 2.45 bits per heavy atom. The van der Waals surface area contributed by atoms with Crippen molar-refractivity contribution in [3.8, 4) is 0 Å². The van der Waals surface area contributed by atoms with Crippen LogP contribution >= 0.6 is 0 Å². The van der Waals surface area contributed by atoms with E-state index in [1.165, 1.54) is 4.68 Å². The van der Waals surface area contributed by atoms with Crippen LogP contribution in [0.3, 0.4) is 0 Å². The normalized spacial score (nSPS) is 10.9. The van der Waals surface area contributed by atoms with Crippen molar-refractivity contribution in [2.45, 2.75) is 26.8 Å². The van der Waals surface area contributed by atoms with Gasteiger partial charge in [-0.2, -0.15) is 5.10 Å². The smallest absolute Gasteiger partial charge is 0.275 e. The molecule has 0 bridgehead atoms. The van der Waals surface area contributed by atoms with Crippen LogP contribution in [0.1, 0.15) is 23.7 Å². The third kappa shape index (κ3) is 4.38. The van der Waals surface area contributed by atoms with Crippen LogP contribution in [0.2, 0.25) is 0 Å². The molecule has 4 rings (SSSR count). The van der Waals surface area contributed by atoms with Crippen LogP contribution < -0.4 is 10.5 Å². The third-order valence-corrected chi connectivity index (χ3v) is 5.28. The molecule has 0 atom stereocenters. The second-order valence-corrected chi connectivity index (χ2v) is 7.46. The van der Waals surface area contributed by atoms with Crippen LogP contribution in [0.15, 0.2) is 77.9 Å². The van der Waals surface area contributed by atoms with Gasteiger partial charge in [0.25, 0.3) is 5.56 Å². The van der Waals surface area contributed by atoms with Gasteiger partial charge in [-0.15, -0.1) is 0 Å². The molecule has 0 radical (unpaired) electrons. The lowest BCUT2D eigenvalue weighted by Crippen LogP contribution is -2.37. The van der Waals surface area contributed by atoms with E-state index in [1.807, 2.05) is 68.4 Å². The van der Waals surface area contributed by atoms with Gasteiger partial charge in [0, 0.05) is 36.4 Å². The molecular weight excluding hydrogens is 388 g/mol. The topological polar surface area (TPSA) is 68.1 Å². The first-order valence-corrected chi connectivity index (χ1v) is 10.3. The molecule has 0 unspecified atom stereocenters. The summed E-state index contributed by atoms with van der Waals surface area (Å²) < 4.78 is 1.29. The highest BCUT2D eigenvalue weighted by molar-refractivity contribution is 5.93. The predicted octanol–water partition coefficient (Wildman–Crippen LogP) is 3.74. The highest BCUT2D eigenvalue weighted by Gasteiger charge is 2.18. The van der Waals surface area contributed by atoms with Gasteiger partial charge in [-0.25, -0.2) is 4.68 Å². The highest BCUT2D eigenvalue weighted by Crippen LogP contribution is 2.18. The fourth-order valence-corrected chi connectivity index (χ4v) is 3.75. The molecule has 4 aromatic rings. The van der Waals surface area contributed by atoms with Crippen molar-refractivity contribution in [1.82, 2.24) is 14.8 Å². The Labute approximate surface area is 180 Å². The van der Waals surface area contributed by atoms with E-state index in [2.05, 4.69) is 10.1 Å². The van der Waals surface area contributed by atoms with Gasteiger partial charge in [-0.3, -0.25) is 14.6 Å². The van der Waals surface area contributed by atoms with Crippen LogP contribution in [0, 0.1) is 6.92 Å². The van der Waals surface area contributed by atoms with Gasteiger partial charge >= 0.3 is 0 Å². The Morgan fingerprint density at radius 2 is 1.74 bits per heavy atom. The summed E-state index contributed by atoms with van der Waals surface area (Å²) in [4.78, 5) is 32.0. The number of nitrogens with zero attached hydrogens (tertiary/aromatic N) is 4. The van der Waals surface area contributed by atoms with Crippen molar-refractivity contribution in [1.29, 1.82) is 0 Å². The Morgan fingerprint density at radius 1 is 1.00 bits per heavy atom. The maximum atomic E-state index is 13.1. The Hall–Kier alpha value is -3.80. The molecule has 1 amide bonds. The fourth-order valence-electron chi connectivity index (χ4n) is 3.75. The number of benzene rings is 2. The molecule has 0 N–H and O–H groups in total. The zero-order valence-corrected chi connectivity index (χ0v) is 17.7. The summed E-state index contributed by atoms with van der Waals surface area (Å²) in [5, 5.41) is 5.97. The molecule has 2 aromatic carbocycles. The van der Waals surface area contributed by atoms with Gasteiger partial charge in [0.1, 0.15) is 6.54 Å². The van der Waals surface area contributed by atoms with Gasteiger partial charge in [0.2, 0.25) is 5.91 Å². The molecule has 0 aliphatic heterocycles. The zero-order valence-electron chi connectivity index (χ0n) is 17.7. The first-order chi connectivity index (χ1) is 15.1. The zero-order chi connectivity index (χ0) is 21.8. The average Bonchev–Trinajstić information content (AvgIpc) is 2.78. The molecule has 0 aliphatic rings. The quantitative estimate of drug-likeness (QED) is 0.484. The van der Waals surface area contributed by atoms with E-state index in [0.717, 1.165) is 27.9 Å². The van der Waals surface area contributed by atoms with Gasteiger partial charge in [-0.05, 0) is 55.3 Å². The number of likely N-dealkylation sites (N-methyl/N-ethyl adjacent to an activating group) is 1. The van der Waals surface area contributed by atoms with Gasteiger partial charge in [-0.1, -0.05) is 30.3 Å². The molecule has 31 heavy (non-hydrogen) atoms. The number of fused-ring (bicyclic) bond motifs is 1. The minimum atomic E-state index is -0.261. The van der Waals surface area contributed by atoms with Crippen molar-refractivity contribution in [3.05, 3.63) is 100 Å². The molecule has 2 aromatic heterocycles. The van der Waals surface area contributed by atoms with E-state index < -0.39 is 0 Å². The third-order valence-electron chi connectivity index (χ3n) is 5.28. The van der Waals surface area contributed by atoms with E-state index in [-0.39, 0.29) is 18.0 Å². The average molecular weight is 412 g/mol. The Bertz CT molecular complexity index is 1280. The number of aryl methyl sites for hydroxylation is 1. The van der Waals surface area contributed by atoms with Crippen LogP contribution in [0.4, 0.5) is 5.69 Å². The molecule has 0 spiro atoms. The summed E-state index contributed by atoms with van der Waals surface area (Å²) in [6.07, 6.45) is 4.02. The molecule has 0 saturated carbocycles. The van der Waals surface area contributed by atoms with E-state index in [0.29, 0.717) is 18.4 Å². The summed E-state index contributed by atoms with van der Waals surface area (Å²) in [7, 11) is 0. The van der Waals surface area contributed by atoms with Gasteiger partial charge in [0.15, 0.2) is 0 Å². The molecular formula is C25H24N4O2. The van der Waals surface area contributed by atoms with E-state index >= 15 is 0 Å². The summed E-state index contributed by atoms with van der Waals surface area (Å²) in [6, 6.07) is 19.0. The largest absolute Gasteiger partial charge is 0.311 e. The fraction of sp³-hybridized carbons (Fsp3) is 0.200. The molecule has 2 heterocycles. The lowest BCUT2D eigenvalue weighted by atomic mass is 10.1. The number of aromatic nitrogens is 3. The number of carbonyl (C=O) groups excluding carboxylic acids is 1. The maximum Gasteiger partial charge on any atom is 0.275 e. The van der Waals surface area contributed by atoms with Crippen molar-refractivity contribution in [3.63, 3.8) is 0 Å². The first-order valence-electron chi connectivity index (χ1n) is 10.3. The molecule has 6 heteroatoms. The lowest BCUT2D eigenvalue weighted by Gasteiger charge is -2.22. The molecule has 0 fully saturated rings. The van der Waals surface area contributed by atoms with Crippen molar-refractivity contribution in [2.24, 2.45) is 0 Å². The van der Waals surface area contributed by atoms with Crippen LogP contribution in [0.5, 0.6) is 0 Å². The van der Waals surface area contributed by atoms with Gasteiger partial charge < -0.3 is 4.90 Å². The molecule has 156 valence electrons.